The first kappa shape index (κ1) is 26.6. The Labute approximate surface area is 217 Å². The first-order chi connectivity index (χ1) is 18.2. The van der Waals surface area contributed by atoms with Crippen molar-refractivity contribution in [2.24, 2.45) is 0 Å². The van der Waals surface area contributed by atoms with Crippen LogP contribution in [0.2, 0.25) is 0 Å². The summed E-state index contributed by atoms with van der Waals surface area (Å²) in [6.07, 6.45) is -4.55. The Hall–Kier alpha value is -4.47. The van der Waals surface area contributed by atoms with Crippen molar-refractivity contribution >= 4 is 12.0 Å². The van der Waals surface area contributed by atoms with Gasteiger partial charge in [0.05, 0.1) is 29.5 Å². The monoisotopic (exact) mass is 526 g/mol. The molecule has 0 saturated heterocycles. The standard InChI is InChI=1S/C28H25F3N2O5/c1-3-36-26(34)24-23(17-37-21-13-8-10-19(16-21)28(29,30)31)33(2)27(35)32-25(24)18-9-7-14-22(15-18)38-20-11-5-4-6-12-20/h4-16,25H,3,17H2,1-2H3,(H,32,35)/t25-/m0/s1. The van der Waals surface area contributed by atoms with E-state index in [1.165, 1.54) is 24.1 Å². The molecule has 3 aromatic carbocycles. The van der Waals surface area contributed by atoms with Crippen LogP contribution in [-0.2, 0) is 15.7 Å². The van der Waals surface area contributed by atoms with Crippen LogP contribution in [0, 0.1) is 0 Å². The van der Waals surface area contributed by atoms with Gasteiger partial charge in [0.15, 0.2) is 0 Å². The van der Waals surface area contributed by atoms with Gasteiger partial charge in [0.2, 0.25) is 0 Å². The van der Waals surface area contributed by atoms with Gasteiger partial charge in [0.25, 0.3) is 0 Å². The van der Waals surface area contributed by atoms with Gasteiger partial charge < -0.3 is 19.5 Å². The molecule has 0 fully saturated rings. The highest BCUT2D eigenvalue weighted by Crippen LogP contribution is 2.35. The van der Waals surface area contributed by atoms with Crippen LogP contribution in [0.3, 0.4) is 0 Å². The number of esters is 1. The van der Waals surface area contributed by atoms with Crippen molar-refractivity contribution in [2.45, 2.75) is 19.1 Å². The topological polar surface area (TPSA) is 77.1 Å². The second-order valence-electron chi connectivity index (χ2n) is 8.32. The van der Waals surface area contributed by atoms with Crippen molar-refractivity contribution in [2.75, 3.05) is 20.3 Å². The van der Waals surface area contributed by atoms with Gasteiger partial charge in [-0.1, -0.05) is 36.4 Å². The largest absolute Gasteiger partial charge is 0.487 e. The Morgan fingerprint density at radius 1 is 0.947 bits per heavy atom. The molecule has 0 radical (unpaired) electrons. The highest BCUT2D eigenvalue weighted by Gasteiger charge is 2.37. The van der Waals surface area contributed by atoms with E-state index in [2.05, 4.69) is 5.32 Å². The Bertz CT molecular complexity index is 1340. The van der Waals surface area contributed by atoms with Crippen molar-refractivity contribution in [1.29, 1.82) is 0 Å². The molecule has 3 aromatic rings. The number of halogens is 3. The van der Waals surface area contributed by atoms with Gasteiger partial charge in [-0.05, 0) is 55.0 Å². The molecule has 0 aromatic heterocycles. The van der Waals surface area contributed by atoms with Gasteiger partial charge in [0.1, 0.15) is 23.9 Å². The van der Waals surface area contributed by atoms with E-state index >= 15 is 0 Å². The quantitative estimate of drug-likeness (QED) is 0.360. The molecule has 0 spiro atoms. The number of ether oxygens (including phenoxy) is 3. The zero-order valence-corrected chi connectivity index (χ0v) is 20.6. The van der Waals surface area contributed by atoms with Gasteiger partial charge in [-0.15, -0.1) is 0 Å². The molecular weight excluding hydrogens is 501 g/mol. The van der Waals surface area contributed by atoms with Crippen molar-refractivity contribution < 1.29 is 37.0 Å². The van der Waals surface area contributed by atoms with Gasteiger partial charge in [0, 0.05) is 7.05 Å². The number of alkyl halides is 3. The summed E-state index contributed by atoms with van der Waals surface area (Å²) in [5, 5.41) is 2.79. The van der Waals surface area contributed by atoms with Gasteiger partial charge in [-0.2, -0.15) is 13.2 Å². The van der Waals surface area contributed by atoms with Crippen LogP contribution < -0.4 is 14.8 Å². The first-order valence-electron chi connectivity index (χ1n) is 11.7. The highest BCUT2D eigenvalue weighted by molar-refractivity contribution is 5.95. The maximum absolute atomic E-state index is 13.1. The summed E-state index contributed by atoms with van der Waals surface area (Å²) in [6, 6.07) is 18.9. The van der Waals surface area contributed by atoms with Crippen LogP contribution in [0.5, 0.6) is 17.2 Å². The lowest BCUT2D eigenvalue weighted by Gasteiger charge is -2.34. The second kappa shape index (κ2) is 11.3. The number of rotatable bonds is 8. The highest BCUT2D eigenvalue weighted by atomic mass is 19.4. The first-order valence-corrected chi connectivity index (χ1v) is 11.7. The Morgan fingerprint density at radius 3 is 2.34 bits per heavy atom. The minimum absolute atomic E-state index is 0.0651. The van der Waals surface area contributed by atoms with E-state index in [1.807, 2.05) is 18.2 Å². The van der Waals surface area contributed by atoms with E-state index in [1.54, 1.807) is 43.3 Å². The zero-order chi connectivity index (χ0) is 27.3. The third-order valence-corrected chi connectivity index (χ3v) is 5.78. The third-order valence-electron chi connectivity index (χ3n) is 5.78. The van der Waals surface area contributed by atoms with E-state index in [9.17, 15) is 22.8 Å². The molecule has 7 nitrogen and oxygen atoms in total. The molecule has 1 atom stereocenters. The second-order valence-corrected chi connectivity index (χ2v) is 8.32. The molecule has 0 saturated carbocycles. The molecule has 0 aliphatic carbocycles. The average molecular weight is 527 g/mol. The fourth-order valence-electron chi connectivity index (χ4n) is 3.93. The summed E-state index contributed by atoms with van der Waals surface area (Å²) in [7, 11) is 1.44. The smallest absolute Gasteiger partial charge is 0.416 e. The number of para-hydroxylation sites is 1. The van der Waals surface area contributed by atoms with Crippen LogP contribution >= 0.6 is 0 Å². The van der Waals surface area contributed by atoms with Crippen molar-refractivity contribution in [3.63, 3.8) is 0 Å². The Balaban J connectivity index is 1.70. The Kier molecular flexibility index (Phi) is 7.90. The van der Waals surface area contributed by atoms with Crippen molar-refractivity contribution in [3.05, 3.63) is 101 Å². The number of nitrogens with one attached hydrogen (secondary N) is 1. The van der Waals surface area contributed by atoms with Crippen LogP contribution in [0.1, 0.15) is 24.1 Å². The van der Waals surface area contributed by atoms with Gasteiger partial charge in [-0.25, -0.2) is 9.59 Å². The molecular formula is C28H25F3N2O5. The van der Waals surface area contributed by atoms with Crippen LogP contribution in [0.15, 0.2) is 90.1 Å². The normalized spacial score (nSPS) is 15.7. The number of carbonyl (C=O) groups is 2. The van der Waals surface area contributed by atoms with E-state index in [0.29, 0.717) is 17.1 Å². The molecule has 0 bridgehead atoms. The third kappa shape index (κ3) is 6.08. The van der Waals surface area contributed by atoms with Gasteiger partial charge >= 0.3 is 18.2 Å². The molecule has 10 heteroatoms. The number of amides is 2. The lowest BCUT2D eigenvalue weighted by molar-refractivity contribution is -0.139. The molecule has 2 amide bonds. The maximum Gasteiger partial charge on any atom is 0.416 e. The fraction of sp³-hybridized carbons (Fsp3) is 0.214. The lowest BCUT2D eigenvalue weighted by atomic mass is 9.94. The molecule has 38 heavy (non-hydrogen) atoms. The van der Waals surface area contributed by atoms with Crippen molar-refractivity contribution in [3.8, 4) is 17.2 Å². The maximum atomic E-state index is 13.1. The minimum Gasteiger partial charge on any atom is -0.487 e. The van der Waals surface area contributed by atoms with Crippen LogP contribution in [-0.4, -0.2) is 37.2 Å². The summed E-state index contributed by atoms with van der Waals surface area (Å²) in [6.45, 7) is 1.37. The van der Waals surface area contributed by atoms with E-state index < -0.39 is 29.8 Å². The number of nitrogens with zero attached hydrogens (tertiary/aromatic N) is 1. The molecule has 4 rings (SSSR count). The molecule has 1 aliphatic heterocycles. The number of hydrogen-bond donors (Lipinski definition) is 1. The minimum atomic E-state index is -4.55. The Morgan fingerprint density at radius 2 is 1.63 bits per heavy atom. The summed E-state index contributed by atoms with van der Waals surface area (Å²) >= 11 is 0. The van der Waals surface area contributed by atoms with Crippen molar-refractivity contribution in [1.82, 2.24) is 10.2 Å². The van der Waals surface area contributed by atoms with E-state index in [4.69, 9.17) is 14.2 Å². The zero-order valence-electron chi connectivity index (χ0n) is 20.6. The summed E-state index contributed by atoms with van der Waals surface area (Å²) in [5.74, 6) is 0.325. The van der Waals surface area contributed by atoms with Gasteiger partial charge in [-0.3, -0.25) is 4.90 Å². The number of urea groups is 1. The molecule has 198 valence electrons. The summed E-state index contributed by atoms with van der Waals surface area (Å²) < 4.78 is 56.2. The number of likely N-dealkylation sites (N-methyl/N-ethyl adjacent to an activating group) is 1. The van der Waals surface area contributed by atoms with E-state index in [-0.39, 0.29) is 30.2 Å². The summed E-state index contributed by atoms with van der Waals surface area (Å²) in [5.41, 5.74) is -0.0845. The molecule has 1 N–H and O–H groups in total. The number of carbonyl (C=O) groups excluding carboxylic acids is 2. The summed E-state index contributed by atoms with van der Waals surface area (Å²) in [4.78, 5) is 27.2. The lowest BCUT2D eigenvalue weighted by Crippen LogP contribution is -2.48. The fourth-order valence-corrected chi connectivity index (χ4v) is 3.93. The number of hydrogen-bond acceptors (Lipinski definition) is 5. The van der Waals surface area contributed by atoms with Crippen LogP contribution in [0.4, 0.5) is 18.0 Å². The molecule has 1 aliphatic rings. The average Bonchev–Trinajstić information content (AvgIpc) is 2.89. The number of benzene rings is 3. The predicted octanol–water partition coefficient (Wildman–Crippen LogP) is 6.09. The van der Waals surface area contributed by atoms with E-state index in [0.717, 1.165) is 12.1 Å². The van der Waals surface area contributed by atoms with Crippen LogP contribution in [0.25, 0.3) is 0 Å². The molecule has 0 unspecified atom stereocenters. The SMILES string of the molecule is CCOC(=O)C1=C(COc2cccc(C(F)(F)F)c2)N(C)C(=O)N[C@H]1c1cccc(Oc2ccccc2)c1. The predicted molar refractivity (Wildman–Crippen MR) is 133 cm³/mol. The molecule has 1 heterocycles.